The molecule has 5 heteroatoms. The van der Waals surface area contributed by atoms with E-state index >= 15 is 0 Å². The van der Waals surface area contributed by atoms with Crippen molar-refractivity contribution in [2.45, 2.75) is 25.3 Å². The lowest BCUT2D eigenvalue weighted by Gasteiger charge is -2.18. The molecule has 1 aromatic carbocycles. The molecule has 1 amide bonds. The zero-order chi connectivity index (χ0) is 11.9. The molecule has 0 aromatic heterocycles. The second-order valence-electron chi connectivity index (χ2n) is 4.01. The summed E-state index contributed by atoms with van der Waals surface area (Å²) in [7, 11) is 0. The average Bonchev–Trinajstić information content (AvgIpc) is 2.81. The fourth-order valence-electron chi connectivity index (χ4n) is 1.90. The molecule has 1 N–H and O–H groups in total. The van der Waals surface area contributed by atoms with Crippen molar-refractivity contribution < 1.29 is 18.0 Å². The van der Waals surface area contributed by atoms with Crippen LogP contribution in [0.3, 0.4) is 0 Å². The van der Waals surface area contributed by atoms with E-state index in [0.29, 0.717) is 25.0 Å². The van der Waals surface area contributed by atoms with Gasteiger partial charge in [0.15, 0.2) is 0 Å². The molecule has 1 aromatic rings. The Balaban J connectivity index is 2.44. The quantitative estimate of drug-likeness (QED) is 0.827. The van der Waals surface area contributed by atoms with E-state index in [1.54, 1.807) is 0 Å². The summed E-state index contributed by atoms with van der Waals surface area (Å²) in [4.78, 5) is 10.9. The molecule has 1 fully saturated rings. The van der Waals surface area contributed by atoms with Gasteiger partial charge in [-0.05, 0) is 12.8 Å². The van der Waals surface area contributed by atoms with Crippen LogP contribution in [0.5, 0.6) is 0 Å². The first-order valence-corrected chi connectivity index (χ1v) is 4.88. The third-order valence-corrected chi connectivity index (χ3v) is 2.65. The topological polar surface area (TPSA) is 29.1 Å². The zero-order valence-electron chi connectivity index (χ0n) is 8.61. The number of halogens is 3. The van der Waals surface area contributed by atoms with Gasteiger partial charge in [0.1, 0.15) is 17.5 Å². The molecule has 0 spiro atoms. The molecule has 0 aliphatic heterocycles. The van der Waals surface area contributed by atoms with Crippen LogP contribution in [-0.2, 0) is 10.3 Å². The van der Waals surface area contributed by atoms with Crippen LogP contribution in [-0.4, -0.2) is 5.91 Å². The Kier molecular flexibility index (Phi) is 2.40. The number of benzene rings is 1. The van der Waals surface area contributed by atoms with Gasteiger partial charge in [0.25, 0.3) is 0 Å². The lowest BCUT2D eigenvalue weighted by Crippen LogP contribution is -2.34. The minimum atomic E-state index is -0.978. The summed E-state index contributed by atoms with van der Waals surface area (Å²) in [6, 6.07) is 1.25. The molecule has 1 aliphatic carbocycles. The Bertz CT molecular complexity index is 432. The van der Waals surface area contributed by atoms with Crippen molar-refractivity contribution in [2.24, 2.45) is 0 Å². The molecular formula is C11H10F3NO. The van der Waals surface area contributed by atoms with Gasteiger partial charge >= 0.3 is 0 Å². The average molecular weight is 229 g/mol. The number of rotatable bonds is 2. The molecule has 0 bridgehead atoms. The molecule has 0 radical (unpaired) electrons. The van der Waals surface area contributed by atoms with E-state index < -0.39 is 23.0 Å². The van der Waals surface area contributed by atoms with Crippen molar-refractivity contribution in [3.63, 3.8) is 0 Å². The maximum absolute atomic E-state index is 13.5. The highest BCUT2D eigenvalue weighted by Crippen LogP contribution is 2.47. The predicted molar refractivity (Wildman–Crippen MR) is 51.0 cm³/mol. The maximum Gasteiger partial charge on any atom is 0.217 e. The van der Waals surface area contributed by atoms with Gasteiger partial charge in [0.2, 0.25) is 5.91 Å². The first-order chi connectivity index (χ1) is 7.44. The summed E-state index contributed by atoms with van der Waals surface area (Å²) in [6.07, 6.45) is 0.929. The van der Waals surface area contributed by atoms with Gasteiger partial charge in [-0.25, -0.2) is 13.2 Å². The zero-order valence-corrected chi connectivity index (χ0v) is 8.61. The summed E-state index contributed by atoms with van der Waals surface area (Å²) in [5, 5.41) is 2.51. The number of carbonyl (C=O) groups excluding carboxylic acids is 1. The highest BCUT2D eigenvalue weighted by molar-refractivity contribution is 5.74. The summed E-state index contributed by atoms with van der Waals surface area (Å²) in [5.41, 5.74) is -1.22. The maximum atomic E-state index is 13.5. The first kappa shape index (κ1) is 11.0. The monoisotopic (exact) mass is 229 g/mol. The standard InChI is InChI=1S/C11H10F3NO/c1-6(16)15-11(2-3-11)10-8(13)4-7(12)5-9(10)14/h4-5H,2-3H2,1H3,(H,15,16). The number of hydrogen-bond acceptors (Lipinski definition) is 1. The molecule has 16 heavy (non-hydrogen) atoms. The van der Waals surface area contributed by atoms with Crippen molar-refractivity contribution in [2.75, 3.05) is 0 Å². The molecule has 1 aliphatic rings. The molecular weight excluding hydrogens is 219 g/mol. The van der Waals surface area contributed by atoms with Gasteiger partial charge in [0, 0.05) is 24.6 Å². The Morgan fingerprint density at radius 2 is 1.75 bits per heavy atom. The van der Waals surface area contributed by atoms with Crippen molar-refractivity contribution >= 4 is 5.91 Å². The molecule has 0 saturated heterocycles. The van der Waals surface area contributed by atoms with Crippen LogP contribution < -0.4 is 5.32 Å². The molecule has 0 atom stereocenters. The van der Waals surface area contributed by atoms with Crippen molar-refractivity contribution in [1.82, 2.24) is 5.32 Å². The number of hydrogen-bond donors (Lipinski definition) is 1. The fraction of sp³-hybridized carbons (Fsp3) is 0.364. The lowest BCUT2D eigenvalue weighted by molar-refractivity contribution is -0.120. The van der Waals surface area contributed by atoms with Crippen LogP contribution in [0.25, 0.3) is 0 Å². The fourth-order valence-corrected chi connectivity index (χ4v) is 1.90. The Hall–Kier alpha value is -1.52. The molecule has 86 valence electrons. The summed E-state index contributed by atoms with van der Waals surface area (Å²) >= 11 is 0. The molecule has 2 nitrogen and oxygen atoms in total. The third-order valence-electron chi connectivity index (χ3n) is 2.65. The lowest BCUT2D eigenvalue weighted by atomic mass is 10.0. The molecule has 0 unspecified atom stereocenters. The minimum Gasteiger partial charge on any atom is -0.347 e. The van der Waals surface area contributed by atoms with Crippen molar-refractivity contribution in [3.05, 3.63) is 35.1 Å². The van der Waals surface area contributed by atoms with Crippen LogP contribution in [0.1, 0.15) is 25.3 Å². The number of carbonyl (C=O) groups is 1. The van der Waals surface area contributed by atoms with Gasteiger partial charge in [-0.15, -0.1) is 0 Å². The SMILES string of the molecule is CC(=O)NC1(c2c(F)cc(F)cc2F)CC1. The van der Waals surface area contributed by atoms with E-state index in [9.17, 15) is 18.0 Å². The highest BCUT2D eigenvalue weighted by atomic mass is 19.1. The Morgan fingerprint density at radius 3 is 2.12 bits per heavy atom. The van der Waals surface area contributed by atoms with Crippen LogP contribution in [0, 0.1) is 17.5 Å². The van der Waals surface area contributed by atoms with E-state index in [2.05, 4.69) is 5.32 Å². The normalized spacial score (nSPS) is 17.0. The van der Waals surface area contributed by atoms with E-state index in [4.69, 9.17) is 0 Å². The van der Waals surface area contributed by atoms with E-state index in [1.807, 2.05) is 0 Å². The molecule has 2 rings (SSSR count). The van der Waals surface area contributed by atoms with Crippen molar-refractivity contribution in [3.8, 4) is 0 Å². The Labute approximate surface area is 90.5 Å². The van der Waals surface area contributed by atoms with E-state index in [-0.39, 0.29) is 11.5 Å². The molecule has 0 heterocycles. The summed E-state index contributed by atoms with van der Waals surface area (Å²) in [6.45, 7) is 1.28. The highest BCUT2D eigenvalue weighted by Gasteiger charge is 2.48. The van der Waals surface area contributed by atoms with E-state index in [1.165, 1.54) is 6.92 Å². The molecule has 1 saturated carbocycles. The van der Waals surface area contributed by atoms with Gasteiger partial charge in [-0.1, -0.05) is 0 Å². The second kappa shape index (κ2) is 3.50. The smallest absolute Gasteiger partial charge is 0.217 e. The van der Waals surface area contributed by atoms with Crippen LogP contribution in [0.4, 0.5) is 13.2 Å². The largest absolute Gasteiger partial charge is 0.347 e. The third kappa shape index (κ3) is 1.77. The van der Waals surface area contributed by atoms with Gasteiger partial charge in [0.05, 0.1) is 5.54 Å². The predicted octanol–water partition coefficient (Wildman–Crippen LogP) is 2.23. The van der Waals surface area contributed by atoms with Crippen LogP contribution >= 0.6 is 0 Å². The number of amides is 1. The second-order valence-corrected chi connectivity index (χ2v) is 4.01. The van der Waals surface area contributed by atoms with Crippen LogP contribution in [0.2, 0.25) is 0 Å². The van der Waals surface area contributed by atoms with Gasteiger partial charge < -0.3 is 5.32 Å². The van der Waals surface area contributed by atoms with E-state index in [0.717, 1.165) is 0 Å². The first-order valence-electron chi connectivity index (χ1n) is 4.88. The van der Waals surface area contributed by atoms with Crippen LogP contribution in [0.15, 0.2) is 12.1 Å². The Morgan fingerprint density at radius 1 is 1.25 bits per heavy atom. The van der Waals surface area contributed by atoms with Crippen molar-refractivity contribution in [1.29, 1.82) is 0 Å². The number of nitrogens with one attached hydrogen (secondary N) is 1. The van der Waals surface area contributed by atoms with Gasteiger partial charge in [-0.3, -0.25) is 4.79 Å². The van der Waals surface area contributed by atoms with Gasteiger partial charge in [-0.2, -0.15) is 0 Å². The minimum absolute atomic E-state index is 0.246. The summed E-state index contributed by atoms with van der Waals surface area (Å²) in [5.74, 6) is -3.23. The summed E-state index contributed by atoms with van der Waals surface area (Å²) < 4.78 is 39.6.